The fourth-order valence-corrected chi connectivity index (χ4v) is 2.77. The van der Waals surface area contributed by atoms with Gasteiger partial charge in [-0.1, -0.05) is 40.5 Å². The van der Waals surface area contributed by atoms with Gasteiger partial charge < -0.3 is 10.2 Å². The number of hydrogen-bond donors (Lipinski definition) is 1. The van der Waals surface area contributed by atoms with Crippen LogP contribution in [0.5, 0.6) is 0 Å². The van der Waals surface area contributed by atoms with Crippen molar-refractivity contribution in [3.05, 3.63) is 0 Å². The van der Waals surface area contributed by atoms with Gasteiger partial charge in [0, 0.05) is 31.1 Å². The Labute approximate surface area is 106 Å². The molecule has 0 aliphatic heterocycles. The Morgan fingerprint density at radius 3 is 2.29 bits per heavy atom. The van der Waals surface area contributed by atoms with Gasteiger partial charge in [-0.25, -0.2) is 0 Å². The molecule has 1 N–H and O–H groups in total. The average molecular weight is 240 g/mol. The van der Waals surface area contributed by atoms with Gasteiger partial charge in [0.1, 0.15) is 0 Å². The van der Waals surface area contributed by atoms with Gasteiger partial charge in [0.05, 0.1) is 0 Å². The van der Waals surface area contributed by atoms with Gasteiger partial charge in [-0.2, -0.15) is 0 Å². The molecule has 0 saturated heterocycles. The predicted octanol–water partition coefficient (Wildman–Crippen LogP) is 2.41. The van der Waals surface area contributed by atoms with Crippen LogP contribution in [-0.2, 0) is 4.79 Å². The third-order valence-corrected chi connectivity index (χ3v) is 3.62. The van der Waals surface area contributed by atoms with Gasteiger partial charge in [0.2, 0.25) is 5.91 Å². The van der Waals surface area contributed by atoms with E-state index in [9.17, 15) is 4.79 Å². The average Bonchev–Trinajstić information content (AvgIpc) is 2.27. The summed E-state index contributed by atoms with van der Waals surface area (Å²) in [4.78, 5) is 14.0. The molecule has 0 radical (unpaired) electrons. The van der Waals surface area contributed by atoms with Crippen LogP contribution >= 0.6 is 0 Å². The Hall–Kier alpha value is -0.570. The van der Waals surface area contributed by atoms with Crippen LogP contribution in [0.4, 0.5) is 0 Å². The molecule has 17 heavy (non-hydrogen) atoms. The Balaban J connectivity index is 2.66. The molecule has 1 amide bonds. The molecular formula is C14H28N2O. The Morgan fingerprint density at radius 1 is 1.18 bits per heavy atom. The number of nitrogens with zero attached hydrogens (tertiary/aromatic N) is 1. The lowest BCUT2D eigenvalue weighted by molar-refractivity contribution is -0.136. The van der Waals surface area contributed by atoms with E-state index in [1.54, 1.807) is 0 Å². The molecule has 2 atom stereocenters. The third-order valence-electron chi connectivity index (χ3n) is 3.62. The number of rotatable bonds is 4. The first-order chi connectivity index (χ1) is 7.93. The van der Waals surface area contributed by atoms with Crippen molar-refractivity contribution in [2.45, 2.75) is 71.5 Å². The first-order valence-electron chi connectivity index (χ1n) is 6.96. The predicted molar refractivity (Wildman–Crippen MR) is 71.9 cm³/mol. The van der Waals surface area contributed by atoms with Gasteiger partial charge in [0.15, 0.2) is 0 Å². The van der Waals surface area contributed by atoms with Crippen molar-refractivity contribution >= 4 is 5.91 Å². The molecule has 0 aromatic carbocycles. The quantitative estimate of drug-likeness (QED) is 0.818. The number of likely N-dealkylation sites (N-methyl/N-ethyl adjacent to an activating group) is 1. The van der Waals surface area contributed by atoms with Crippen LogP contribution in [0.25, 0.3) is 0 Å². The van der Waals surface area contributed by atoms with E-state index in [1.165, 1.54) is 19.3 Å². The number of carbonyl (C=O) groups excluding carboxylic acids is 1. The molecule has 3 heteroatoms. The summed E-state index contributed by atoms with van der Waals surface area (Å²) in [5.74, 6) is 0.370. The molecule has 0 bridgehead atoms. The highest BCUT2D eigenvalue weighted by Crippen LogP contribution is 2.24. The topological polar surface area (TPSA) is 32.3 Å². The molecule has 1 aliphatic rings. The molecule has 1 saturated carbocycles. The summed E-state index contributed by atoms with van der Waals surface area (Å²) in [6.45, 7) is 8.31. The van der Waals surface area contributed by atoms with E-state index in [4.69, 9.17) is 0 Å². The second-order valence-corrected chi connectivity index (χ2v) is 5.88. The highest BCUT2D eigenvalue weighted by molar-refractivity contribution is 5.78. The van der Waals surface area contributed by atoms with Crippen LogP contribution < -0.4 is 5.32 Å². The number of amides is 1. The van der Waals surface area contributed by atoms with E-state index in [1.807, 2.05) is 25.8 Å². The second-order valence-electron chi connectivity index (χ2n) is 5.88. The maximum atomic E-state index is 12.1. The smallest absolute Gasteiger partial charge is 0.225 e. The lowest BCUT2D eigenvalue weighted by Gasteiger charge is -2.40. The number of hydrogen-bond acceptors (Lipinski definition) is 2. The zero-order chi connectivity index (χ0) is 13.0. The minimum Gasteiger partial charge on any atom is -0.341 e. The van der Waals surface area contributed by atoms with Gasteiger partial charge in [-0.3, -0.25) is 4.79 Å². The van der Waals surface area contributed by atoms with Crippen molar-refractivity contribution in [2.75, 3.05) is 7.05 Å². The highest BCUT2D eigenvalue weighted by Gasteiger charge is 2.31. The summed E-state index contributed by atoms with van der Waals surface area (Å²) in [6, 6.07) is 1.33. The molecule has 1 rings (SSSR count). The SMILES string of the molecule is CC(C)NC1CCCCC1N(C)C(=O)C(C)C. The first-order valence-corrected chi connectivity index (χ1v) is 6.96. The van der Waals surface area contributed by atoms with Crippen molar-refractivity contribution in [3.63, 3.8) is 0 Å². The number of nitrogens with one attached hydrogen (secondary N) is 1. The molecule has 2 unspecified atom stereocenters. The molecule has 0 spiro atoms. The van der Waals surface area contributed by atoms with E-state index in [2.05, 4.69) is 19.2 Å². The fourth-order valence-electron chi connectivity index (χ4n) is 2.77. The molecule has 0 aromatic rings. The van der Waals surface area contributed by atoms with E-state index in [0.29, 0.717) is 18.1 Å². The summed E-state index contributed by atoms with van der Waals surface area (Å²) in [5, 5.41) is 3.61. The van der Waals surface area contributed by atoms with Gasteiger partial charge in [0.25, 0.3) is 0 Å². The summed E-state index contributed by atoms with van der Waals surface area (Å²) >= 11 is 0. The van der Waals surface area contributed by atoms with Crippen molar-refractivity contribution < 1.29 is 4.79 Å². The molecule has 0 heterocycles. The van der Waals surface area contributed by atoms with Crippen molar-refractivity contribution in [1.29, 1.82) is 0 Å². The maximum Gasteiger partial charge on any atom is 0.225 e. The Bertz CT molecular complexity index is 251. The second kappa shape index (κ2) is 6.39. The van der Waals surface area contributed by atoms with Crippen molar-refractivity contribution in [2.24, 2.45) is 5.92 Å². The van der Waals surface area contributed by atoms with Gasteiger partial charge >= 0.3 is 0 Å². The Morgan fingerprint density at radius 2 is 1.76 bits per heavy atom. The van der Waals surface area contributed by atoms with Gasteiger partial charge in [-0.15, -0.1) is 0 Å². The van der Waals surface area contributed by atoms with Crippen molar-refractivity contribution in [3.8, 4) is 0 Å². The van der Waals surface area contributed by atoms with E-state index < -0.39 is 0 Å². The molecule has 3 nitrogen and oxygen atoms in total. The van der Waals surface area contributed by atoms with Crippen LogP contribution in [0.15, 0.2) is 0 Å². The van der Waals surface area contributed by atoms with Crippen LogP contribution in [0, 0.1) is 5.92 Å². The number of carbonyl (C=O) groups is 1. The zero-order valence-corrected chi connectivity index (χ0v) is 12.0. The third kappa shape index (κ3) is 3.98. The molecule has 0 aromatic heterocycles. The molecule has 100 valence electrons. The molecule has 1 aliphatic carbocycles. The molecule has 1 fully saturated rings. The van der Waals surface area contributed by atoms with Crippen molar-refractivity contribution in [1.82, 2.24) is 10.2 Å². The lowest BCUT2D eigenvalue weighted by atomic mass is 9.88. The minimum atomic E-state index is 0.0987. The van der Waals surface area contributed by atoms with Crippen LogP contribution in [0.3, 0.4) is 0 Å². The minimum absolute atomic E-state index is 0.0987. The standard InChI is InChI=1S/C14H28N2O/c1-10(2)14(17)16(5)13-9-7-6-8-12(13)15-11(3)4/h10-13,15H,6-9H2,1-5H3. The van der Waals surface area contributed by atoms with E-state index >= 15 is 0 Å². The highest BCUT2D eigenvalue weighted by atomic mass is 16.2. The normalized spacial score (nSPS) is 25.4. The fraction of sp³-hybridized carbons (Fsp3) is 0.929. The first kappa shape index (κ1) is 14.5. The molecular weight excluding hydrogens is 212 g/mol. The van der Waals surface area contributed by atoms with Crippen LogP contribution in [0.1, 0.15) is 53.4 Å². The van der Waals surface area contributed by atoms with E-state index in [0.717, 1.165) is 6.42 Å². The van der Waals surface area contributed by atoms with Gasteiger partial charge in [-0.05, 0) is 12.8 Å². The summed E-state index contributed by atoms with van der Waals surface area (Å²) in [5.41, 5.74) is 0. The lowest BCUT2D eigenvalue weighted by Crippen LogP contribution is -2.54. The monoisotopic (exact) mass is 240 g/mol. The summed E-state index contributed by atoms with van der Waals surface area (Å²) in [7, 11) is 1.97. The summed E-state index contributed by atoms with van der Waals surface area (Å²) < 4.78 is 0. The zero-order valence-electron chi connectivity index (χ0n) is 12.0. The van der Waals surface area contributed by atoms with Crippen LogP contribution in [0.2, 0.25) is 0 Å². The maximum absolute atomic E-state index is 12.1. The largest absolute Gasteiger partial charge is 0.341 e. The van der Waals surface area contributed by atoms with Crippen LogP contribution in [-0.4, -0.2) is 36.0 Å². The Kier molecular flexibility index (Phi) is 5.44. The summed E-state index contributed by atoms with van der Waals surface area (Å²) in [6.07, 6.45) is 4.86. The van der Waals surface area contributed by atoms with E-state index in [-0.39, 0.29) is 11.8 Å².